The average Bonchev–Trinajstić information content (AvgIpc) is 3.24. The number of rotatable bonds is 6. The zero-order chi connectivity index (χ0) is 20.1. The molecule has 1 aliphatic heterocycles. The molecule has 1 aromatic carbocycles. The fourth-order valence-electron chi connectivity index (χ4n) is 3.27. The van der Waals surface area contributed by atoms with Gasteiger partial charge >= 0.3 is 0 Å². The molecule has 2 aromatic rings. The van der Waals surface area contributed by atoms with Gasteiger partial charge < -0.3 is 20.1 Å². The molecule has 0 atom stereocenters. The topological polar surface area (TPSA) is 61.7 Å². The van der Waals surface area contributed by atoms with Crippen molar-refractivity contribution in [2.45, 2.75) is 32.5 Å². The summed E-state index contributed by atoms with van der Waals surface area (Å²) in [5, 5.41) is 7.52. The molecule has 1 aliphatic rings. The smallest absolute Gasteiger partial charge is 0.223 e. The van der Waals surface area contributed by atoms with Gasteiger partial charge in [-0.3, -0.25) is 9.79 Å². The molecule has 3 rings (SSSR count). The van der Waals surface area contributed by atoms with Crippen LogP contribution in [0.4, 0.5) is 0 Å². The van der Waals surface area contributed by atoms with Gasteiger partial charge in [0.2, 0.25) is 5.91 Å². The van der Waals surface area contributed by atoms with Crippen LogP contribution < -0.4 is 10.6 Å². The van der Waals surface area contributed by atoms with Crippen molar-refractivity contribution >= 4 is 35.1 Å². The summed E-state index contributed by atoms with van der Waals surface area (Å²) in [6.45, 7) is 2.65. The number of halogens is 2. The summed E-state index contributed by atoms with van der Waals surface area (Å²) in [7, 11) is 3.58. The van der Waals surface area contributed by atoms with E-state index in [1.807, 2.05) is 34.7 Å². The van der Waals surface area contributed by atoms with Gasteiger partial charge in [-0.05, 0) is 23.6 Å². The second-order valence-corrected chi connectivity index (χ2v) is 7.57. The van der Waals surface area contributed by atoms with Gasteiger partial charge in [-0.2, -0.15) is 0 Å². The van der Waals surface area contributed by atoms with Crippen LogP contribution >= 0.6 is 23.2 Å². The highest BCUT2D eigenvalue weighted by atomic mass is 35.5. The predicted molar refractivity (Wildman–Crippen MR) is 114 cm³/mol. The highest BCUT2D eigenvalue weighted by Gasteiger charge is 2.22. The molecule has 0 fully saturated rings. The monoisotopic (exact) mass is 421 g/mol. The third-order valence-electron chi connectivity index (χ3n) is 4.93. The maximum atomic E-state index is 12.4. The third-order valence-corrected chi connectivity index (χ3v) is 5.77. The first-order valence-corrected chi connectivity index (χ1v) is 10.0. The molecule has 0 saturated carbocycles. The molecule has 28 heavy (non-hydrogen) atoms. The van der Waals surface area contributed by atoms with E-state index >= 15 is 0 Å². The number of amides is 1. The number of guanidine groups is 1. The van der Waals surface area contributed by atoms with Crippen LogP contribution in [0.2, 0.25) is 10.2 Å². The zero-order valence-electron chi connectivity index (χ0n) is 16.1. The minimum atomic E-state index is 0.189. The number of nitrogens with zero attached hydrogens (tertiary/aromatic N) is 3. The van der Waals surface area contributed by atoms with Crippen LogP contribution in [-0.4, -0.2) is 34.9 Å². The number of benzene rings is 1. The van der Waals surface area contributed by atoms with Crippen molar-refractivity contribution in [1.82, 2.24) is 20.1 Å². The van der Waals surface area contributed by atoms with Gasteiger partial charge in [-0.15, -0.1) is 0 Å². The number of nitrogens with one attached hydrogen (secondary N) is 2. The van der Waals surface area contributed by atoms with Gasteiger partial charge in [0.15, 0.2) is 5.96 Å². The molecule has 1 aromatic heterocycles. The van der Waals surface area contributed by atoms with Crippen molar-refractivity contribution in [3.63, 3.8) is 0 Å². The summed E-state index contributed by atoms with van der Waals surface area (Å²) in [5.41, 5.74) is 3.46. The Balaban J connectivity index is 1.38. The summed E-state index contributed by atoms with van der Waals surface area (Å²) < 4.78 is 1.83. The van der Waals surface area contributed by atoms with Crippen LogP contribution in [0.25, 0.3) is 0 Å². The summed E-state index contributed by atoms with van der Waals surface area (Å²) in [5.74, 6) is 0.864. The second-order valence-electron chi connectivity index (χ2n) is 6.81. The molecular formula is C20H25Cl2N5O. The van der Waals surface area contributed by atoms with E-state index in [4.69, 9.17) is 23.2 Å². The molecule has 2 heterocycles. The number of fused-ring (bicyclic) bond motifs is 1. The summed E-state index contributed by atoms with van der Waals surface area (Å²) in [6, 6.07) is 10.1. The molecule has 0 radical (unpaired) electrons. The largest absolute Gasteiger partial charge is 0.356 e. The van der Waals surface area contributed by atoms with E-state index in [1.165, 1.54) is 11.1 Å². The first-order valence-electron chi connectivity index (χ1n) is 9.28. The Morgan fingerprint density at radius 2 is 1.86 bits per heavy atom. The number of aliphatic imine (C=N–C) groups is 1. The fraction of sp³-hybridized carbons (Fsp3) is 0.400. The molecule has 150 valence electrons. The quantitative estimate of drug-likeness (QED) is 0.427. The number of hydrogen-bond donors (Lipinski definition) is 2. The van der Waals surface area contributed by atoms with Gasteiger partial charge in [-0.1, -0.05) is 47.5 Å². The summed E-state index contributed by atoms with van der Waals surface area (Å²) >= 11 is 12.1. The first-order chi connectivity index (χ1) is 13.5. The maximum Gasteiger partial charge on any atom is 0.223 e. The molecule has 2 N–H and O–H groups in total. The van der Waals surface area contributed by atoms with Crippen LogP contribution in [0.15, 0.2) is 35.3 Å². The van der Waals surface area contributed by atoms with Gasteiger partial charge in [0.05, 0.1) is 11.6 Å². The average molecular weight is 422 g/mol. The molecule has 0 aliphatic carbocycles. The van der Waals surface area contributed by atoms with Crippen molar-refractivity contribution in [2.24, 2.45) is 12.0 Å². The number of aromatic nitrogens is 1. The standard InChI is InChI=1S/C20H25Cl2N5O/c1-23-20(25-11-16-10-17(21)19(22)26(16)2)24-9-5-8-18(28)27-12-14-6-3-4-7-15(14)13-27/h3-4,6-7,10H,5,8-9,11-13H2,1-2H3,(H2,23,24,25). The lowest BCUT2D eigenvalue weighted by Gasteiger charge is -2.16. The predicted octanol–water partition coefficient (Wildman–Crippen LogP) is 3.32. The SMILES string of the molecule is CN=C(NCCCC(=O)N1Cc2ccccc2C1)NCc1cc(Cl)c(Cl)n1C. The summed E-state index contributed by atoms with van der Waals surface area (Å²) in [6.07, 6.45) is 1.26. The van der Waals surface area contributed by atoms with Crippen molar-refractivity contribution in [3.8, 4) is 0 Å². The minimum Gasteiger partial charge on any atom is -0.356 e. The number of carbonyl (C=O) groups excluding carboxylic acids is 1. The zero-order valence-corrected chi connectivity index (χ0v) is 17.6. The van der Waals surface area contributed by atoms with E-state index in [9.17, 15) is 4.79 Å². The van der Waals surface area contributed by atoms with E-state index < -0.39 is 0 Å². The first kappa shape index (κ1) is 20.6. The minimum absolute atomic E-state index is 0.189. The molecule has 1 amide bonds. The molecule has 6 nitrogen and oxygen atoms in total. The van der Waals surface area contributed by atoms with E-state index in [0.29, 0.717) is 48.7 Å². The van der Waals surface area contributed by atoms with Crippen LogP contribution in [0.1, 0.15) is 29.7 Å². The Morgan fingerprint density at radius 1 is 1.18 bits per heavy atom. The Kier molecular flexibility index (Phi) is 6.86. The molecule has 0 spiro atoms. The highest BCUT2D eigenvalue weighted by Crippen LogP contribution is 2.25. The molecular weight excluding hydrogens is 397 g/mol. The lowest BCUT2D eigenvalue weighted by atomic mass is 10.1. The Morgan fingerprint density at radius 3 is 2.43 bits per heavy atom. The van der Waals surface area contributed by atoms with Gasteiger partial charge in [0.1, 0.15) is 5.15 Å². The Bertz CT molecular complexity index is 852. The van der Waals surface area contributed by atoms with Gasteiger partial charge in [0, 0.05) is 45.8 Å². The highest BCUT2D eigenvalue weighted by molar-refractivity contribution is 6.41. The Hall–Kier alpha value is -2.18. The molecule has 0 unspecified atom stereocenters. The van der Waals surface area contributed by atoms with Crippen LogP contribution in [-0.2, 0) is 31.5 Å². The molecule has 0 bridgehead atoms. The van der Waals surface area contributed by atoms with Crippen molar-refractivity contribution in [1.29, 1.82) is 0 Å². The van der Waals surface area contributed by atoms with Crippen molar-refractivity contribution in [2.75, 3.05) is 13.6 Å². The maximum absolute atomic E-state index is 12.4. The molecule has 0 saturated heterocycles. The van der Waals surface area contributed by atoms with E-state index in [1.54, 1.807) is 7.05 Å². The molecule has 8 heteroatoms. The lowest BCUT2D eigenvalue weighted by Crippen LogP contribution is -2.38. The van der Waals surface area contributed by atoms with Crippen LogP contribution in [0, 0.1) is 0 Å². The number of carbonyl (C=O) groups is 1. The normalized spacial score (nSPS) is 13.6. The fourth-order valence-corrected chi connectivity index (χ4v) is 3.68. The van der Waals surface area contributed by atoms with Crippen LogP contribution in [0.5, 0.6) is 0 Å². The van der Waals surface area contributed by atoms with Gasteiger partial charge in [-0.25, -0.2) is 0 Å². The third kappa shape index (κ3) is 4.80. The second kappa shape index (κ2) is 9.34. The number of hydrogen-bond acceptors (Lipinski definition) is 2. The van der Waals surface area contributed by atoms with E-state index in [0.717, 1.165) is 12.1 Å². The van der Waals surface area contributed by atoms with Crippen LogP contribution in [0.3, 0.4) is 0 Å². The van der Waals surface area contributed by atoms with Gasteiger partial charge in [0.25, 0.3) is 0 Å². The van der Waals surface area contributed by atoms with E-state index in [-0.39, 0.29) is 5.91 Å². The van der Waals surface area contributed by atoms with Crippen molar-refractivity contribution in [3.05, 3.63) is 57.3 Å². The lowest BCUT2D eigenvalue weighted by molar-refractivity contribution is -0.131. The van der Waals surface area contributed by atoms with E-state index in [2.05, 4.69) is 27.8 Å². The van der Waals surface area contributed by atoms with Crippen molar-refractivity contribution < 1.29 is 4.79 Å². The summed E-state index contributed by atoms with van der Waals surface area (Å²) in [4.78, 5) is 18.6. The Labute approximate surface area is 175 Å².